The Morgan fingerprint density at radius 1 is 1.24 bits per heavy atom. The minimum atomic E-state index is -0.484. The first-order valence-corrected chi connectivity index (χ1v) is 5.91. The van der Waals surface area contributed by atoms with Gasteiger partial charge in [-0.2, -0.15) is 0 Å². The van der Waals surface area contributed by atoms with E-state index in [4.69, 9.17) is 21.1 Å². The maximum atomic E-state index is 6.03. The molecule has 4 heteroatoms. The lowest BCUT2D eigenvalue weighted by Gasteiger charge is -2.31. The highest BCUT2D eigenvalue weighted by atomic mass is 35.5. The van der Waals surface area contributed by atoms with Gasteiger partial charge in [0.15, 0.2) is 5.79 Å². The van der Waals surface area contributed by atoms with Gasteiger partial charge in [0.25, 0.3) is 0 Å². The van der Waals surface area contributed by atoms with Crippen LogP contribution >= 0.6 is 11.6 Å². The fraction of sp³-hybridized carbons (Fsp3) is 0.385. The van der Waals surface area contributed by atoms with E-state index in [1.807, 2.05) is 44.3 Å². The molecule has 0 aromatic heterocycles. The maximum absolute atomic E-state index is 6.03. The molecule has 1 aliphatic heterocycles. The van der Waals surface area contributed by atoms with Crippen molar-refractivity contribution in [3.63, 3.8) is 0 Å². The standard InChI is InChI=1S/C13H16ClNO2/c1-13(2)16-8-10(9-17-13)7-15-12-6-4-3-5-11(12)14/h3-7,15H,8-9H2,1-2H3. The Hall–Kier alpha value is -1.03. The van der Waals surface area contributed by atoms with Crippen LogP contribution in [0.15, 0.2) is 36.0 Å². The molecule has 1 aromatic carbocycles. The van der Waals surface area contributed by atoms with Crippen molar-refractivity contribution < 1.29 is 9.47 Å². The first kappa shape index (κ1) is 12.4. The largest absolute Gasteiger partial charge is 0.360 e. The summed E-state index contributed by atoms with van der Waals surface area (Å²) >= 11 is 6.03. The van der Waals surface area contributed by atoms with E-state index in [0.717, 1.165) is 11.3 Å². The van der Waals surface area contributed by atoms with Crippen LogP contribution in [0.4, 0.5) is 5.69 Å². The van der Waals surface area contributed by atoms with Crippen LogP contribution < -0.4 is 5.32 Å². The summed E-state index contributed by atoms with van der Waals surface area (Å²) in [4.78, 5) is 0. The minimum absolute atomic E-state index is 0.484. The van der Waals surface area contributed by atoms with E-state index in [1.165, 1.54) is 0 Å². The van der Waals surface area contributed by atoms with E-state index in [9.17, 15) is 0 Å². The zero-order valence-electron chi connectivity index (χ0n) is 10.00. The van der Waals surface area contributed by atoms with E-state index in [2.05, 4.69) is 5.32 Å². The molecule has 0 bridgehead atoms. The van der Waals surface area contributed by atoms with Crippen molar-refractivity contribution in [3.8, 4) is 0 Å². The second-order valence-electron chi connectivity index (χ2n) is 4.40. The molecule has 0 spiro atoms. The van der Waals surface area contributed by atoms with Crippen molar-refractivity contribution >= 4 is 17.3 Å². The van der Waals surface area contributed by atoms with Gasteiger partial charge in [-0.1, -0.05) is 23.7 Å². The summed E-state index contributed by atoms with van der Waals surface area (Å²) in [6.07, 6.45) is 1.89. The Bertz CT molecular complexity index is 417. The second kappa shape index (κ2) is 5.08. The van der Waals surface area contributed by atoms with Crippen LogP contribution in [0.3, 0.4) is 0 Å². The molecule has 0 amide bonds. The van der Waals surface area contributed by atoms with Crippen molar-refractivity contribution in [2.45, 2.75) is 19.6 Å². The molecule has 1 aromatic rings. The Morgan fingerprint density at radius 2 is 1.88 bits per heavy atom. The summed E-state index contributed by atoms with van der Waals surface area (Å²) in [6, 6.07) is 7.60. The Morgan fingerprint density at radius 3 is 2.53 bits per heavy atom. The van der Waals surface area contributed by atoms with Gasteiger partial charge in [0.1, 0.15) is 0 Å². The molecule has 0 saturated carbocycles. The fourth-order valence-corrected chi connectivity index (χ4v) is 1.65. The van der Waals surface area contributed by atoms with Crippen molar-refractivity contribution in [1.29, 1.82) is 0 Å². The third-order valence-corrected chi connectivity index (χ3v) is 2.85. The number of para-hydroxylation sites is 1. The quantitative estimate of drug-likeness (QED) is 0.876. The monoisotopic (exact) mass is 253 g/mol. The molecule has 1 heterocycles. The van der Waals surface area contributed by atoms with Gasteiger partial charge in [-0.3, -0.25) is 0 Å². The number of halogens is 1. The first-order chi connectivity index (χ1) is 8.07. The summed E-state index contributed by atoms with van der Waals surface area (Å²) in [6.45, 7) is 4.96. The molecule has 2 rings (SSSR count). The molecule has 17 heavy (non-hydrogen) atoms. The number of anilines is 1. The smallest absolute Gasteiger partial charge is 0.163 e. The van der Waals surface area contributed by atoms with E-state index < -0.39 is 5.79 Å². The first-order valence-electron chi connectivity index (χ1n) is 5.54. The van der Waals surface area contributed by atoms with Gasteiger partial charge in [-0.05, 0) is 31.6 Å². The highest BCUT2D eigenvalue weighted by Crippen LogP contribution is 2.22. The van der Waals surface area contributed by atoms with Gasteiger partial charge < -0.3 is 14.8 Å². The molecule has 92 valence electrons. The number of rotatable bonds is 2. The van der Waals surface area contributed by atoms with Gasteiger partial charge in [-0.25, -0.2) is 0 Å². The SMILES string of the molecule is CC1(C)OCC(=CNc2ccccc2Cl)CO1. The van der Waals surface area contributed by atoms with Gasteiger partial charge in [0.2, 0.25) is 0 Å². The average Bonchev–Trinajstić information content (AvgIpc) is 2.30. The Labute approximate surface area is 106 Å². The predicted octanol–water partition coefficient (Wildman–Crippen LogP) is 3.42. The average molecular weight is 254 g/mol. The molecule has 0 aliphatic carbocycles. The number of nitrogens with one attached hydrogen (secondary N) is 1. The molecule has 1 saturated heterocycles. The van der Waals surface area contributed by atoms with Crippen LogP contribution in [-0.4, -0.2) is 19.0 Å². The van der Waals surface area contributed by atoms with Crippen LogP contribution in [0.2, 0.25) is 5.02 Å². The minimum Gasteiger partial charge on any atom is -0.360 e. The maximum Gasteiger partial charge on any atom is 0.163 e. The van der Waals surface area contributed by atoms with Crippen LogP contribution in [0, 0.1) is 0 Å². The Kier molecular flexibility index (Phi) is 3.72. The van der Waals surface area contributed by atoms with Crippen molar-refractivity contribution in [2.75, 3.05) is 18.5 Å². The van der Waals surface area contributed by atoms with Crippen LogP contribution in [-0.2, 0) is 9.47 Å². The van der Waals surface area contributed by atoms with E-state index in [1.54, 1.807) is 0 Å². The Balaban J connectivity index is 1.96. The van der Waals surface area contributed by atoms with Crippen molar-refractivity contribution in [3.05, 3.63) is 41.1 Å². The molecular weight excluding hydrogens is 238 g/mol. The van der Waals surface area contributed by atoms with E-state index in [0.29, 0.717) is 18.2 Å². The third kappa shape index (κ3) is 3.46. The highest BCUT2D eigenvalue weighted by molar-refractivity contribution is 6.33. The third-order valence-electron chi connectivity index (χ3n) is 2.52. The molecule has 1 aliphatic rings. The summed E-state index contributed by atoms with van der Waals surface area (Å²) in [5.41, 5.74) is 1.94. The molecule has 1 fully saturated rings. The summed E-state index contributed by atoms with van der Waals surface area (Å²) in [5, 5.41) is 3.85. The molecule has 0 radical (unpaired) electrons. The summed E-state index contributed by atoms with van der Waals surface area (Å²) < 4.78 is 11.1. The van der Waals surface area contributed by atoms with Gasteiger partial charge >= 0.3 is 0 Å². The molecule has 0 unspecified atom stereocenters. The highest BCUT2D eigenvalue weighted by Gasteiger charge is 2.24. The molecular formula is C13H16ClNO2. The zero-order valence-corrected chi connectivity index (χ0v) is 10.8. The van der Waals surface area contributed by atoms with E-state index >= 15 is 0 Å². The number of hydrogen-bond donors (Lipinski definition) is 1. The summed E-state index contributed by atoms with van der Waals surface area (Å²) in [7, 11) is 0. The van der Waals surface area contributed by atoms with Gasteiger partial charge in [-0.15, -0.1) is 0 Å². The lowest BCUT2D eigenvalue weighted by atomic mass is 10.2. The normalized spacial score (nSPS) is 18.9. The topological polar surface area (TPSA) is 30.5 Å². The fourth-order valence-electron chi connectivity index (χ4n) is 1.46. The van der Waals surface area contributed by atoms with Gasteiger partial charge in [0, 0.05) is 6.20 Å². The number of benzene rings is 1. The summed E-state index contributed by atoms with van der Waals surface area (Å²) in [5.74, 6) is -0.484. The number of ether oxygens (including phenoxy) is 2. The number of hydrogen-bond acceptors (Lipinski definition) is 3. The van der Waals surface area contributed by atoms with Crippen molar-refractivity contribution in [1.82, 2.24) is 0 Å². The lowest BCUT2D eigenvalue weighted by Crippen LogP contribution is -2.35. The molecule has 0 atom stereocenters. The van der Waals surface area contributed by atoms with Crippen LogP contribution in [0.25, 0.3) is 0 Å². The van der Waals surface area contributed by atoms with Crippen molar-refractivity contribution in [2.24, 2.45) is 0 Å². The van der Waals surface area contributed by atoms with Gasteiger partial charge in [0.05, 0.1) is 23.9 Å². The predicted molar refractivity (Wildman–Crippen MR) is 69.1 cm³/mol. The zero-order chi connectivity index (χ0) is 12.3. The van der Waals surface area contributed by atoms with Crippen LogP contribution in [0.5, 0.6) is 0 Å². The van der Waals surface area contributed by atoms with Crippen LogP contribution in [0.1, 0.15) is 13.8 Å². The second-order valence-corrected chi connectivity index (χ2v) is 4.81. The molecule has 1 N–H and O–H groups in total. The lowest BCUT2D eigenvalue weighted by molar-refractivity contribution is -0.225. The molecule has 3 nitrogen and oxygen atoms in total. The van der Waals surface area contributed by atoms with E-state index in [-0.39, 0.29) is 0 Å².